The van der Waals surface area contributed by atoms with Crippen LogP contribution >= 0.6 is 0 Å². The maximum Gasteiger partial charge on any atom is 0.460 e. The van der Waals surface area contributed by atoms with Crippen LogP contribution in [0, 0.1) is 6.33 Å². The maximum atomic E-state index is 12.2. The van der Waals surface area contributed by atoms with Gasteiger partial charge in [-0.25, -0.2) is 8.78 Å². The zero-order valence-electron chi connectivity index (χ0n) is 7.16. The van der Waals surface area contributed by atoms with Gasteiger partial charge in [-0.1, -0.05) is 0 Å². The Balaban J connectivity index is 5.72. The van der Waals surface area contributed by atoms with Crippen molar-refractivity contribution in [3.8, 4) is 0 Å². The molecule has 0 atom stereocenters. The molecule has 101 valence electrons. The van der Waals surface area contributed by atoms with Crippen LogP contribution in [0.15, 0.2) is 5.83 Å². The molecule has 1 radical (unpaired) electrons. The van der Waals surface area contributed by atoms with Gasteiger partial charge in [-0.2, -0.15) is 39.5 Å². The van der Waals surface area contributed by atoms with E-state index in [1.54, 1.807) is 0 Å². The fourth-order valence-corrected chi connectivity index (χ4v) is 0.572. The number of halogens is 11. The highest BCUT2D eigenvalue weighted by Gasteiger charge is 2.83. The average Bonchev–Trinajstić information content (AvgIpc) is 2.13. The van der Waals surface area contributed by atoms with Gasteiger partial charge >= 0.3 is 23.9 Å². The minimum Gasteiger partial charge on any atom is -0.201 e. The normalized spacial score (nSPS) is 16.3. The van der Waals surface area contributed by atoms with Crippen molar-refractivity contribution < 1.29 is 48.3 Å². The van der Waals surface area contributed by atoms with Gasteiger partial charge in [0.2, 0.25) is 5.83 Å². The van der Waals surface area contributed by atoms with Gasteiger partial charge < -0.3 is 0 Å². The monoisotopic (exact) mass is 281 g/mol. The summed E-state index contributed by atoms with van der Waals surface area (Å²) in [5, 5.41) is 0. The van der Waals surface area contributed by atoms with E-state index in [9.17, 15) is 48.3 Å². The van der Waals surface area contributed by atoms with Crippen LogP contribution in [0.1, 0.15) is 0 Å². The van der Waals surface area contributed by atoms with E-state index in [4.69, 9.17) is 0 Å². The molecule has 0 saturated carbocycles. The summed E-state index contributed by atoms with van der Waals surface area (Å²) in [5.41, 5.74) is 0. The molecule has 0 aliphatic carbocycles. The van der Waals surface area contributed by atoms with E-state index in [2.05, 4.69) is 0 Å². The van der Waals surface area contributed by atoms with Gasteiger partial charge in [-0.05, 0) is 0 Å². The van der Waals surface area contributed by atoms with Crippen molar-refractivity contribution in [2.45, 2.75) is 23.9 Å². The molecular formula is C6F11. The predicted molar refractivity (Wildman–Crippen MR) is 29.9 cm³/mol. The number of hydrogen-bond donors (Lipinski definition) is 0. The molecule has 0 N–H and O–H groups in total. The Kier molecular flexibility index (Phi) is 3.77. The molecular weight excluding hydrogens is 281 g/mol. The standard InChI is InChI=1S/C6F11/c7-1-2(8)3(9,10)4(11,12)5(13,14)6(15,16)17. The lowest BCUT2D eigenvalue weighted by Gasteiger charge is -2.32. The first-order valence-corrected chi connectivity index (χ1v) is 3.33. The SMILES string of the molecule is F[C]=C(F)C(F)(F)C(F)(F)C(F)(F)C(F)(F)F. The highest BCUT2D eigenvalue weighted by Crippen LogP contribution is 2.55. The van der Waals surface area contributed by atoms with Crippen molar-refractivity contribution >= 4 is 0 Å². The van der Waals surface area contributed by atoms with E-state index >= 15 is 0 Å². The minimum atomic E-state index is -7.25. The molecule has 0 aromatic heterocycles. The molecule has 0 amide bonds. The molecule has 0 aliphatic rings. The van der Waals surface area contributed by atoms with Crippen LogP contribution in [0.4, 0.5) is 48.3 Å². The predicted octanol–water partition coefficient (Wildman–Crippen LogP) is 4.04. The Labute approximate surface area is 85.7 Å². The summed E-state index contributed by atoms with van der Waals surface area (Å²) in [6.07, 6.45) is -7.82. The zero-order chi connectivity index (χ0) is 14.3. The topological polar surface area (TPSA) is 0 Å². The molecule has 0 rings (SSSR count). The molecule has 0 aliphatic heterocycles. The molecule has 11 heteroatoms. The minimum absolute atomic E-state index is 0.746. The number of alkyl halides is 9. The molecule has 0 bridgehead atoms. The molecule has 0 aromatic rings. The van der Waals surface area contributed by atoms with Crippen molar-refractivity contribution in [2.24, 2.45) is 0 Å². The van der Waals surface area contributed by atoms with Crippen molar-refractivity contribution in [3.05, 3.63) is 12.2 Å². The Morgan fingerprint density at radius 1 is 0.706 bits per heavy atom. The van der Waals surface area contributed by atoms with E-state index in [0.717, 1.165) is 0 Å². The summed E-state index contributed by atoms with van der Waals surface area (Å²) in [5.74, 6) is -25.0. The second kappa shape index (κ2) is 4.02. The largest absolute Gasteiger partial charge is 0.460 e. The quantitative estimate of drug-likeness (QED) is 0.685. The lowest BCUT2D eigenvalue weighted by Crippen LogP contribution is -2.61. The van der Waals surface area contributed by atoms with E-state index in [1.165, 1.54) is 0 Å². The van der Waals surface area contributed by atoms with E-state index in [0.29, 0.717) is 0 Å². The first-order valence-electron chi connectivity index (χ1n) is 3.33. The number of hydrogen-bond acceptors (Lipinski definition) is 0. The van der Waals surface area contributed by atoms with Crippen LogP contribution in [0.3, 0.4) is 0 Å². The van der Waals surface area contributed by atoms with Crippen molar-refractivity contribution in [2.75, 3.05) is 0 Å². The second-order valence-corrected chi connectivity index (χ2v) is 2.63. The summed E-state index contributed by atoms with van der Waals surface area (Å²) in [6.45, 7) is 0. The van der Waals surface area contributed by atoms with Crippen molar-refractivity contribution in [1.29, 1.82) is 0 Å². The molecule has 0 spiro atoms. The zero-order valence-corrected chi connectivity index (χ0v) is 7.16. The van der Waals surface area contributed by atoms with Crippen LogP contribution in [0.5, 0.6) is 0 Å². The Morgan fingerprint density at radius 3 is 1.29 bits per heavy atom. The first-order chi connectivity index (χ1) is 7.23. The fraction of sp³-hybridized carbons (Fsp3) is 0.667. The summed E-state index contributed by atoms with van der Waals surface area (Å²) < 4.78 is 130. The third-order valence-corrected chi connectivity index (χ3v) is 1.50. The fourth-order valence-electron chi connectivity index (χ4n) is 0.572. The Hall–Kier alpha value is -1.03. The molecule has 0 unspecified atom stereocenters. The van der Waals surface area contributed by atoms with E-state index < -0.39 is 36.1 Å². The molecule has 17 heavy (non-hydrogen) atoms. The number of allylic oxidation sites excluding steroid dienone is 1. The molecule has 0 aromatic carbocycles. The van der Waals surface area contributed by atoms with Gasteiger partial charge in [-0.15, -0.1) is 0 Å². The van der Waals surface area contributed by atoms with Crippen LogP contribution in [-0.4, -0.2) is 23.9 Å². The van der Waals surface area contributed by atoms with Gasteiger partial charge in [-0.3, -0.25) is 0 Å². The van der Waals surface area contributed by atoms with Crippen LogP contribution in [0.25, 0.3) is 0 Å². The van der Waals surface area contributed by atoms with Crippen LogP contribution in [-0.2, 0) is 0 Å². The highest BCUT2D eigenvalue weighted by molar-refractivity contribution is 5.12. The Bertz CT molecular complexity index is 308. The van der Waals surface area contributed by atoms with Crippen LogP contribution < -0.4 is 0 Å². The molecule has 0 fully saturated rings. The lowest BCUT2D eigenvalue weighted by molar-refractivity contribution is -0.391. The highest BCUT2D eigenvalue weighted by atomic mass is 19.4. The smallest absolute Gasteiger partial charge is 0.201 e. The third kappa shape index (κ3) is 2.18. The van der Waals surface area contributed by atoms with Gasteiger partial charge in [0.25, 0.3) is 0 Å². The van der Waals surface area contributed by atoms with Gasteiger partial charge in [0, 0.05) is 0 Å². The third-order valence-electron chi connectivity index (χ3n) is 1.50. The summed E-state index contributed by atoms with van der Waals surface area (Å²) in [6, 6.07) is 0. The van der Waals surface area contributed by atoms with Gasteiger partial charge in [0.05, 0.1) is 0 Å². The van der Waals surface area contributed by atoms with E-state index in [-0.39, 0.29) is 0 Å². The second-order valence-electron chi connectivity index (χ2n) is 2.63. The Morgan fingerprint density at radius 2 is 1.06 bits per heavy atom. The van der Waals surface area contributed by atoms with Crippen LogP contribution in [0.2, 0.25) is 0 Å². The van der Waals surface area contributed by atoms with Crippen molar-refractivity contribution in [1.82, 2.24) is 0 Å². The van der Waals surface area contributed by atoms with Crippen molar-refractivity contribution in [3.63, 3.8) is 0 Å². The summed E-state index contributed by atoms with van der Waals surface area (Å²) >= 11 is 0. The summed E-state index contributed by atoms with van der Waals surface area (Å²) in [4.78, 5) is 0. The molecule has 0 saturated heterocycles. The van der Waals surface area contributed by atoms with Gasteiger partial charge in [0.15, 0.2) is 6.33 Å². The number of rotatable bonds is 3. The molecule has 0 nitrogen and oxygen atoms in total. The van der Waals surface area contributed by atoms with Gasteiger partial charge in [0.1, 0.15) is 0 Å². The lowest BCUT2D eigenvalue weighted by atomic mass is 10.0. The first kappa shape index (κ1) is 16.0. The average molecular weight is 281 g/mol. The maximum absolute atomic E-state index is 12.2. The molecule has 0 heterocycles. The summed E-state index contributed by atoms with van der Waals surface area (Å²) in [7, 11) is 0. The van der Waals surface area contributed by atoms with E-state index in [1.807, 2.05) is 0 Å².